The fourth-order valence-corrected chi connectivity index (χ4v) is 2.58. The fraction of sp³-hybridized carbons (Fsp3) is 0.750. The van der Waals surface area contributed by atoms with Gasteiger partial charge in [0.25, 0.3) is 0 Å². The maximum atomic E-state index is 5.88. The maximum Gasteiger partial charge on any atom is 0.324 e. The normalized spacial score (nSPS) is 19.3. The van der Waals surface area contributed by atoms with E-state index in [0.29, 0.717) is 17.9 Å². The molecule has 1 aliphatic heterocycles. The number of methoxy groups -OCH3 is 2. The van der Waals surface area contributed by atoms with Crippen molar-refractivity contribution in [3.8, 4) is 12.0 Å². The highest BCUT2D eigenvalue weighted by Crippen LogP contribution is 2.26. The highest BCUT2D eigenvalue weighted by atomic mass is 35.5. The van der Waals surface area contributed by atoms with Crippen molar-refractivity contribution in [2.24, 2.45) is 0 Å². The standard InChI is InChI=1S/C12H19ClN4O2/c1-18-11-14-10(15-12(16-11)19-2)17-8-4-3-5-9(17)6-7-13/h9H,3-8H2,1-2H3. The lowest BCUT2D eigenvalue weighted by Crippen LogP contribution is -2.41. The van der Waals surface area contributed by atoms with Crippen LogP contribution >= 0.6 is 11.6 Å². The molecular weight excluding hydrogens is 268 g/mol. The molecule has 1 aromatic rings. The highest BCUT2D eigenvalue weighted by molar-refractivity contribution is 6.17. The number of nitrogens with zero attached hydrogens (tertiary/aromatic N) is 4. The summed E-state index contributed by atoms with van der Waals surface area (Å²) in [5, 5.41) is 0. The van der Waals surface area contributed by atoms with Crippen molar-refractivity contribution in [3.63, 3.8) is 0 Å². The lowest BCUT2D eigenvalue weighted by molar-refractivity contribution is 0.337. The largest absolute Gasteiger partial charge is 0.467 e. The molecule has 106 valence electrons. The van der Waals surface area contributed by atoms with Crippen LogP contribution in [0.3, 0.4) is 0 Å². The van der Waals surface area contributed by atoms with Gasteiger partial charge in [-0.25, -0.2) is 0 Å². The van der Waals surface area contributed by atoms with Crippen LogP contribution in [0.2, 0.25) is 0 Å². The fourth-order valence-electron chi connectivity index (χ4n) is 2.33. The van der Waals surface area contributed by atoms with E-state index in [1.807, 2.05) is 0 Å². The summed E-state index contributed by atoms with van der Waals surface area (Å²) in [5.74, 6) is 1.25. The van der Waals surface area contributed by atoms with Crippen molar-refractivity contribution in [1.82, 2.24) is 15.0 Å². The van der Waals surface area contributed by atoms with Crippen LogP contribution in [0.15, 0.2) is 0 Å². The molecule has 1 saturated heterocycles. The number of aromatic nitrogens is 3. The minimum Gasteiger partial charge on any atom is -0.467 e. The smallest absolute Gasteiger partial charge is 0.324 e. The van der Waals surface area contributed by atoms with Crippen LogP contribution < -0.4 is 14.4 Å². The van der Waals surface area contributed by atoms with E-state index in [1.165, 1.54) is 20.6 Å². The molecule has 0 saturated carbocycles. The quantitative estimate of drug-likeness (QED) is 0.770. The molecule has 2 rings (SSSR count). The number of piperidine rings is 1. The van der Waals surface area contributed by atoms with Gasteiger partial charge in [0.15, 0.2) is 0 Å². The van der Waals surface area contributed by atoms with Crippen molar-refractivity contribution in [2.45, 2.75) is 31.7 Å². The van der Waals surface area contributed by atoms with E-state index < -0.39 is 0 Å². The molecule has 6 nitrogen and oxygen atoms in total. The van der Waals surface area contributed by atoms with Crippen LogP contribution in [0.5, 0.6) is 12.0 Å². The van der Waals surface area contributed by atoms with Crippen molar-refractivity contribution in [3.05, 3.63) is 0 Å². The van der Waals surface area contributed by atoms with E-state index in [9.17, 15) is 0 Å². The van der Waals surface area contributed by atoms with Crippen LogP contribution in [0.1, 0.15) is 25.7 Å². The van der Waals surface area contributed by atoms with Gasteiger partial charge in [0.2, 0.25) is 5.95 Å². The van der Waals surface area contributed by atoms with Crippen LogP contribution in [0, 0.1) is 0 Å². The Bertz CT molecular complexity index is 394. The van der Waals surface area contributed by atoms with Crippen molar-refractivity contribution >= 4 is 17.5 Å². The zero-order valence-corrected chi connectivity index (χ0v) is 12.1. The first-order chi connectivity index (χ1) is 9.28. The molecule has 0 bridgehead atoms. The molecule has 2 heterocycles. The Morgan fingerprint density at radius 3 is 2.42 bits per heavy atom. The van der Waals surface area contributed by atoms with E-state index in [2.05, 4.69) is 19.9 Å². The zero-order chi connectivity index (χ0) is 13.7. The third-order valence-electron chi connectivity index (χ3n) is 3.27. The van der Waals surface area contributed by atoms with Crippen LogP contribution in [-0.4, -0.2) is 47.6 Å². The molecule has 0 spiro atoms. The SMILES string of the molecule is COc1nc(OC)nc(N2CCCCC2CCCl)n1. The predicted molar refractivity (Wildman–Crippen MR) is 73.3 cm³/mol. The number of hydrogen-bond donors (Lipinski definition) is 0. The first-order valence-electron chi connectivity index (χ1n) is 6.45. The first kappa shape index (κ1) is 14.1. The van der Waals surface area contributed by atoms with Crippen molar-refractivity contribution in [1.29, 1.82) is 0 Å². The van der Waals surface area contributed by atoms with Crippen LogP contribution in [-0.2, 0) is 0 Å². The van der Waals surface area contributed by atoms with E-state index in [1.54, 1.807) is 0 Å². The molecule has 1 aliphatic rings. The Balaban J connectivity index is 2.26. The Morgan fingerprint density at radius 1 is 1.16 bits per heavy atom. The number of hydrogen-bond acceptors (Lipinski definition) is 6. The van der Waals surface area contributed by atoms with E-state index >= 15 is 0 Å². The lowest BCUT2D eigenvalue weighted by Gasteiger charge is -2.35. The van der Waals surface area contributed by atoms with Crippen molar-refractivity contribution < 1.29 is 9.47 Å². The minimum absolute atomic E-state index is 0.275. The van der Waals surface area contributed by atoms with Gasteiger partial charge in [0.1, 0.15) is 0 Å². The molecule has 1 unspecified atom stereocenters. The van der Waals surface area contributed by atoms with E-state index in [0.717, 1.165) is 25.8 Å². The number of rotatable bonds is 5. The Kier molecular flexibility index (Phi) is 5.01. The molecule has 7 heteroatoms. The third kappa shape index (κ3) is 3.37. The van der Waals surface area contributed by atoms with Gasteiger partial charge in [-0.3, -0.25) is 0 Å². The first-order valence-corrected chi connectivity index (χ1v) is 6.98. The average molecular weight is 287 g/mol. The second-order valence-electron chi connectivity index (χ2n) is 4.43. The summed E-state index contributed by atoms with van der Waals surface area (Å²) in [7, 11) is 3.07. The molecule has 1 atom stereocenters. The van der Waals surface area contributed by atoms with Gasteiger partial charge >= 0.3 is 12.0 Å². The van der Waals surface area contributed by atoms with Gasteiger partial charge in [-0.1, -0.05) is 0 Å². The number of alkyl halides is 1. The summed E-state index contributed by atoms with van der Waals surface area (Å²) < 4.78 is 10.2. The molecule has 1 fully saturated rings. The maximum absolute atomic E-state index is 5.88. The van der Waals surface area contributed by atoms with Gasteiger partial charge in [0.05, 0.1) is 14.2 Å². The second kappa shape index (κ2) is 6.75. The Morgan fingerprint density at radius 2 is 1.84 bits per heavy atom. The summed E-state index contributed by atoms with van der Waals surface area (Å²) in [6.07, 6.45) is 4.40. The third-order valence-corrected chi connectivity index (χ3v) is 3.49. The summed E-state index contributed by atoms with van der Waals surface area (Å²) in [4.78, 5) is 14.8. The van der Waals surface area contributed by atoms with Gasteiger partial charge < -0.3 is 14.4 Å². The van der Waals surface area contributed by atoms with Crippen LogP contribution in [0.25, 0.3) is 0 Å². The van der Waals surface area contributed by atoms with Crippen molar-refractivity contribution in [2.75, 3.05) is 31.5 Å². The molecule has 0 N–H and O–H groups in total. The lowest BCUT2D eigenvalue weighted by atomic mass is 10.0. The molecule has 19 heavy (non-hydrogen) atoms. The van der Waals surface area contributed by atoms with E-state index in [4.69, 9.17) is 21.1 Å². The minimum atomic E-state index is 0.275. The van der Waals surface area contributed by atoms with Gasteiger partial charge in [0, 0.05) is 18.5 Å². The number of ether oxygens (including phenoxy) is 2. The average Bonchev–Trinajstić information content (AvgIpc) is 2.47. The monoisotopic (exact) mass is 286 g/mol. The van der Waals surface area contributed by atoms with Gasteiger partial charge in [-0.15, -0.1) is 16.6 Å². The van der Waals surface area contributed by atoms with E-state index in [-0.39, 0.29) is 12.0 Å². The summed E-state index contributed by atoms with van der Waals surface area (Å²) >= 11 is 5.88. The molecule has 1 aromatic heterocycles. The molecule has 0 aliphatic carbocycles. The molecule has 0 aromatic carbocycles. The number of halogens is 1. The highest BCUT2D eigenvalue weighted by Gasteiger charge is 2.25. The predicted octanol–water partition coefficient (Wildman–Crippen LogP) is 1.88. The molecule has 0 amide bonds. The summed E-state index contributed by atoms with van der Waals surface area (Å²) in [6.45, 7) is 0.928. The van der Waals surface area contributed by atoms with Gasteiger partial charge in [-0.2, -0.15) is 9.97 Å². The Labute approximate surface area is 118 Å². The topological polar surface area (TPSA) is 60.4 Å². The molecule has 0 radical (unpaired) electrons. The Hall–Kier alpha value is -1.30. The summed E-state index contributed by atoms with van der Waals surface area (Å²) in [5.41, 5.74) is 0. The number of anilines is 1. The van der Waals surface area contributed by atoms with Crippen LogP contribution in [0.4, 0.5) is 5.95 Å². The zero-order valence-electron chi connectivity index (χ0n) is 11.3. The second-order valence-corrected chi connectivity index (χ2v) is 4.81. The van der Waals surface area contributed by atoms with Gasteiger partial charge in [-0.05, 0) is 25.7 Å². The molecular formula is C12H19ClN4O2. The summed E-state index contributed by atoms with van der Waals surface area (Å²) in [6, 6.07) is 0.928.